The van der Waals surface area contributed by atoms with Gasteiger partial charge in [0.2, 0.25) is 0 Å². The van der Waals surface area contributed by atoms with E-state index in [0.717, 1.165) is 50.5 Å². The van der Waals surface area contributed by atoms with Crippen LogP contribution in [0.5, 0.6) is 0 Å². The van der Waals surface area contributed by atoms with Crippen molar-refractivity contribution < 1.29 is 4.79 Å². The fraction of sp³-hybridized carbons (Fsp3) is 0.625. The van der Waals surface area contributed by atoms with E-state index in [2.05, 4.69) is 15.2 Å². The molecule has 2 fully saturated rings. The molecule has 0 aliphatic carbocycles. The Morgan fingerprint density at radius 1 is 1.30 bits per heavy atom. The van der Waals surface area contributed by atoms with Gasteiger partial charge in [0, 0.05) is 32.4 Å². The quantitative estimate of drug-likeness (QED) is 0.893. The second-order valence-electron chi connectivity index (χ2n) is 6.03. The van der Waals surface area contributed by atoms with Crippen molar-refractivity contribution in [3.05, 3.63) is 23.9 Å². The Kier molecular flexibility index (Phi) is 8.09. The Morgan fingerprint density at radius 2 is 2.04 bits per heavy atom. The van der Waals surface area contributed by atoms with Gasteiger partial charge in [-0.3, -0.25) is 4.79 Å². The number of amides is 1. The number of carbonyl (C=O) groups is 1. The Bertz CT molecular complexity index is 509. The molecule has 1 N–H and O–H groups in total. The number of pyridine rings is 1. The van der Waals surface area contributed by atoms with Crippen molar-refractivity contribution in [1.29, 1.82) is 0 Å². The molecule has 1 aromatic heterocycles. The van der Waals surface area contributed by atoms with E-state index in [4.69, 9.17) is 0 Å². The van der Waals surface area contributed by atoms with Gasteiger partial charge in [0.1, 0.15) is 5.82 Å². The fourth-order valence-electron chi connectivity index (χ4n) is 3.39. The maximum atomic E-state index is 12.8. The summed E-state index contributed by atoms with van der Waals surface area (Å²) in [6.45, 7) is 4.72. The van der Waals surface area contributed by atoms with E-state index in [-0.39, 0.29) is 30.7 Å². The van der Waals surface area contributed by atoms with Crippen LogP contribution < -0.4 is 10.2 Å². The number of likely N-dealkylation sites (tertiary alicyclic amines) is 1. The van der Waals surface area contributed by atoms with Crippen LogP contribution in [0.1, 0.15) is 29.6 Å². The highest BCUT2D eigenvalue weighted by atomic mass is 35.5. The molecule has 130 valence electrons. The van der Waals surface area contributed by atoms with Gasteiger partial charge < -0.3 is 15.1 Å². The van der Waals surface area contributed by atoms with Crippen molar-refractivity contribution in [3.8, 4) is 0 Å². The summed E-state index contributed by atoms with van der Waals surface area (Å²) in [5.74, 6) is 1.59. The SMILES string of the molecule is CNCC1CCN(C(=O)c2cccnc2N2CCCC2)C1.Cl.Cl. The van der Waals surface area contributed by atoms with E-state index >= 15 is 0 Å². The summed E-state index contributed by atoms with van der Waals surface area (Å²) in [4.78, 5) is 21.5. The first-order valence-corrected chi connectivity index (χ1v) is 7.93. The molecular weight excluding hydrogens is 335 g/mol. The second kappa shape index (κ2) is 9.30. The first kappa shape index (κ1) is 20.0. The number of anilines is 1. The van der Waals surface area contributed by atoms with E-state index in [1.54, 1.807) is 6.20 Å². The average Bonchev–Trinajstić information content (AvgIpc) is 3.18. The number of hydrogen-bond acceptors (Lipinski definition) is 4. The molecule has 2 aliphatic heterocycles. The first-order valence-electron chi connectivity index (χ1n) is 7.93. The van der Waals surface area contributed by atoms with Crippen molar-refractivity contribution in [2.75, 3.05) is 44.7 Å². The molecule has 7 heteroatoms. The van der Waals surface area contributed by atoms with Gasteiger partial charge in [-0.05, 0) is 50.9 Å². The van der Waals surface area contributed by atoms with Gasteiger partial charge in [0.05, 0.1) is 5.56 Å². The normalized spacial score (nSPS) is 20.1. The molecule has 0 radical (unpaired) electrons. The zero-order valence-corrected chi connectivity index (χ0v) is 15.2. The van der Waals surface area contributed by atoms with Crippen LogP contribution in [-0.4, -0.2) is 55.6 Å². The molecule has 0 aromatic carbocycles. The molecule has 1 aromatic rings. The molecule has 23 heavy (non-hydrogen) atoms. The molecule has 0 spiro atoms. The van der Waals surface area contributed by atoms with E-state index in [9.17, 15) is 4.79 Å². The summed E-state index contributed by atoms with van der Waals surface area (Å²) in [6, 6.07) is 3.79. The maximum absolute atomic E-state index is 12.8. The highest BCUT2D eigenvalue weighted by Crippen LogP contribution is 2.25. The van der Waals surface area contributed by atoms with Gasteiger partial charge in [0.25, 0.3) is 5.91 Å². The third kappa shape index (κ3) is 4.49. The van der Waals surface area contributed by atoms with E-state index in [0.29, 0.717) is 5.92 Å². The third-order valence-electron chi connectivity index (χ3n) is 4.49. The van der Waals surface area contributed by atoms with Crippen LogP contribution >= 0.6 is 24.8 Å². The van der Waals surface area contributed by atoms with Crippen molar-refractivity contribution in [3.63, 3.8) is 0 Å². The minimum Gasteiger partial charge on any atom is -0.356 e. The lowest BCUT2D eigenvalue weighted by molar-refractivity contribution is 0.0787. The topological polar surface area (TPSA) is 48.5 Å². The van der Waals surface area contributed by atoms with Crippen LogP contribution in [0.4, 0.5) is 5.82 Å². The molecular formula is C16H26Cl2N4O. The fourth-order valence-corrected chi connectivity index (χ4v) is 3.39. The lowest BCUT2D eigenvalue weighted by Gasteiger charge is -2.22. The van der Waals surface area contributed by atoms with E-state index in [1.165, 1.54) is 12.8 Å². The summed E-state index contributed by atoms with van der Waals surface area (Å²) >= 11 is 0. The summed E-state index contributed by atoms with van der Waals surface area (Å²) in [5, 5.41) is 3.21. The number of hydrogen-bond donors (Lipinski definition) is 1. The van der Waals surface area contributed by atoms with Crippen molar-refractivity contribution in [1.82, 2.24) is 15.2 Å². The smallest absolute Gasteiger partial charge is 0.257 e. The number of carbonyl (C=O) groups excluding carboxylic acids is 1. The molecule has 3 heterocycles. The number of halogens is 2. The van der Waals surface area contributed by atoms with Gasteiger partial charge in [-0.15, -0.1) is 24.8 Å². The summed E-state index contributed by atoms with van der Waals surface area (Å²) in [5.41, 5.74) is 0.768. The number of aromatic nitrogens is 1. The monoisotopic (exact) mass is 360 g/mol. The van der Waals surface area contributed by atoms with Crippen molar-refractivity contribution >= 4 is 36.5 Å². The standard InChI is InChI=1S/C16H24N4O.2ClH/c1-17-11-13-6-10-20(12-13)16(21)14-5-4-7-18-15(14)19-8-2-3-9-19;;/h4-5,7,13,17H,2-3,6,8-12H2,1H3;2*1H. The van der Waals surface area contributed by atoms with Crippen LogP contribution in [0, 0.1) is 5.92 Å². The Labute approximate surface area is 150 Å². The Balaban J connectivity index is 0.00000132. The Hall–Kier alpha value is -1.04. The van der Waals surface area contributed by atoms with Crippen LogP contribution in [0.25, 0.3) is 0 Å². The number of nitrogens with one attached hydrogen (secondary N) is 1. The molecule has 1 unspecified atom stereocenters. The average molecular weight is 361 g/mol. The third-order valence-corrected chi connectivity index (χ3v) is 4.49. The van der Waals surface area contributed by atoms with E-state index < -0.39 is 0 Å². The lowest BCUT2D eigenvalue weighted by atomic mass is 10.1. The van der Waals surface area contributed by atoms with Crippen LogP contribution in [-0.2, 0) is 0 Å². The predicted octanol–water partition coefficient (Wildman–Crippen LogP) is 2.21. The van der Waals surface area contributed by atoms with Crippen LogP contribution in [0.3, 0.4) is 0 Å². The largest absolute Gasteiger partial charge is 0.356 e. The Morgan fingerprint density at radius 3 is 2.74 bits per heavy atom. The van der Waals surface area contributed by atoms with Gasteiger partial charge in [0.15, 0.2) is 0 Å². The number of nitrogens with zero attached hydrogens (tertiary/aromatic N) is 3. The van der Waals surface area contributed by atoms with Crippen LogP contribution in [0.2, 0.25) is 0 Å². The zero-order valence-electron chi connectivity index (χ0n) is 13.5. The first-order chi connectivity index (χ1) is 10.3. The lowest BCUT2D eigenvalue weighted by Crippen LogP contribution is -2.32. The van der Waals surface area contributed by atoms with Gasteiger partial charge in [-0.2, -0.15) is 0 Å². The van der Waals surface area contributed by atoms with Crippen molar-refractivity contribution in [2.45, 2.75) is 19.3 Å². The van der Waals surface area contributed by atoms with Gasteiger partial charge in [-0.25, -0.2) is 4.98 Å². The number of rotatable bonds is 4. The molecule has 1 amide bonds. The summed E-state index contributed by atoms with van der Waals surface area (Å²) in [6.07, 6.45) is 5.26. The second-order valence-corrected chi connectivity index (χ2v) is 6.03. The maximum Gasteiger partial charge on any atom is 0.257 e. The van der Waals surface area contributed by atoms with Crippen LogP contribution in [0.15, 0.2) is 18.3 Å². The minimum atomic E-state index is 0. The molecule has 3 rings (SSSR count). The highest BCUT2D eigenvalue weighted by Gasteiger charge is 2.29. The highest BCUT2D eigenvalue weighted by molar-refractivity contribution is 5.99. The summed E-state index contributed by atoms with van der Waals surface area (Å²) < 4.78 is 0. The molecule has 1 atom stereocenters. The van der Waals surface area contributed by atoms with E-state index in [1.807, 2.05) is 24.1 Å². The molecule has 2 saturated heterocycles. The van der Waals surface area contributed by atoms with Crippen molar-refractivity contribution in [2.24, 2.45) is 5.92 Å². The molecule has 0 saturated carbocycles. The molecule has 5 nitrogen and oxygen atoms in total. The minimum absolute atomic E-state index is 0. The molecule has 0 bridgehead atoms. The molecule has 2 aliphatic rings. The van der Waals surface area contributed by atoms with Gasteiger partial charge in [-0.1, -0.05) is 0 Å². The summed E-state index contributed by atoms with van der Waals surface area (Å²) in [7, 11) is 1.97. The zero-order chi connectivity index (χ0) is 14.7. The van der Waals surface area contributed by atoms with Gasteiger partial charge >= 0.3 is 0 Å². The predicted molar refractivity (Wildman–Crippen MR) is 98.1 cm³/mol.